The van der Waals surface area contributed by atoms with Gasteiger partial charge in [-0.2, -0.15) is 4.98 Å². The van der Waals surface area contributed by atoms with Crippen LogP contribution in [0.4, 0.5) is 11.5 Å². The predicted octanol–water partition coefficient (Wildman–Crippen LogP) is 0.350. The molecule has 118 valence electrons. The summed E-state index contributed by atoms with van der Waals surface area (Å²) in [6.45, 7) is 10.1. The molecule has 0 radical (unpaired) electrons. The van der Waals surface area contributed by atoms with Gasteiger partial charge in [-0.25, -0.2) is 4.98 Å². The molecule has 0 bridgehead atoms. The lowest BCUT2D eigenvalue weighted by molar-refractivity contribution is 0.0345. The summed E-state index contributed by atoms with van der Waals surface area (Å²) in [7, 11) is 0. The highest BCUT2D eigenvalue weighted by Gasteiger charge is 2.25. The monoisotopic (exact) mass is 295 g/mol. The second-order valence-corrected chi connectivity index (χ2v) is 5.92. The van der Waals surface area contributed by atoms with Crippen molar-refractivity contribution in [2.45, 2.75) is 26.4 Å². The van der Waals surface area contributed by atoms with Gasteiger partial charge in [0.1, 0.15) is 12.0 Å². The average molecular weight is 295 g/mol. The third kappa shape index (κ3) is 4.18. The zero-order valence-electron chi connectivity index (χ0n) is 13.0. The Morgan fingerprint density at radius 2 is 1.95 bits per heavy atom. The number of anilines is 2. The average Bonchev–Trinajstić information content (AvgIpc) is 2.41. The van der Waals surface area contributed by atoms with E-state index in [0.29, 0.717) is 24.7 Å². The fraction of sp³-hybridized carbons (Fsp3) is 0.714. The van der Waals surface area contributed by atoms with Gasteiger partial charge in [0.05, 0.1) is 12.2 Å². The molecule has 0 aromatic carbocycles. The molecule has 3 N–H and O–H groups in total. The standard InChI is InChI=1S/C14H25N5O2/c1-4-21-13-11(15)12(16-10-17-13)19-7-5-18(6-8-19)9-14(2,3)20/h10,20H,4-9,15H2,1-3H3. The minimum Gasteiger partial charge on any atom is -0.476 e. The van der Waals surface area contributed by atoms with Gasteiger partial charge in [0, 0.05) is 32.7 Å². The lowest BCUT2D eigenvalue weighted by Crippen LogP contribution is -2.50. The van der Waals surface area contributed by atoms with E-state index in [4.69, 9.17) is 10.5 Å². The van der Waals surface area contributed by atoms with E-state index >= 15 is 0 Å². The maximum Gasteiger partial charge on any atom is 0.242 e. The molecule has 1 aromatic heterocycles. The van der Waals surface area contributed by atoms with E-state index < -0.39 is 5.60 Å². The second-order valence-electron chi connectivity index (χ2n) is 5.92. The van der Waals surface area contributed by atoms with Gasteiger partial charge in [-0.1, -0.05) is 0 Å². The molecule has 21 heavy (non-hydrogen) atoms. The van der Waals surface area contributed by atoms with Gasteiger partial charge in [-0.05, 0) is 20.8 Å². The highest BCUT2D eigenvalue weighted by molar-refractivity contribution is 5.67. The molecule has 2 rings (SSSR count). The first-order chi connectivity index (χ1) is 9.90. The summed E-state index contributed by atoms with van der Waals surface area (Å²) in [6, 6.07) is 0. The first-order valence-electron chi connectivity index (χ1n) is 7.33. The Morgan fingerprint density at radius 1 is 1.29 bits per heavy atom. The van der Waals surface area contributed by atoms with E-state index in [-0.39, 0.29) is 0 Å². The molecule has 0 amide bonds. The number of aliphatic hydroxyl groups is 1. The summed E-state index contributed by atoms with van der Waals surface area (Å²) in [5.74, 6) is 1.18. The quantitative estimate of drug-likeness (QED) is 0.810. The summed E-state index contributed by atoms with van der Waals surface area (Å²) in [5, 5.41) is 9.88. The van der Waals surface area contributed by atoms with E-state index in [1.807, 2.05) is 20.8 Å². The van der Waals surface area contributed by atoms with E-state index in [0.717, 1.165) is 32.0 Å². The van der Waals surface area contributed by atoms with E-state index in [1.54, 1.807) is 0 Å². The maximum atomic E-state index is 9.88. The molecule has 1 aliphatic rings. The van der Waals surface area contributed by atoms with Crippen molar-refractivity contribution in [2.24, 2.45) is 0 Å². The molecule has 1 aromatic rings. The normalized spacial score (nSPS) is 17.0. The Balaban J connectivity index is 2.01. The molecule has 7 nitrogen and oxygen atoms in total. The first-order valence-corrected chi connectivity index (χ1v) is 7.33. The molecule has 1 saturated heterocycles. The molecule has 1 aliphatic heterocycles. The summed E-state index contributed by atoms with van der Waals surface area (Å²) in [5.41, 5.74) is 5.92. The number of ether oxygens (including phenoxy) is 1. The van der Waals surface area contributed by atoms with Crippen LogP contribution in [0, 0.1) is 0 Å². The molecule has 0 spiro atoms. The zero-order chi connectivity index (χ0) is 15.5. The summed E-state index contributed by atoms with van der Waals surface area (Å²) >= 11 is 0. The number of β-amino-alcohol motifs (C(OH)–C–C–N with tert-alkyl or cyclic N) is 1. The van der Waals surface area contributed by atoms with Crippen molar-refractivity contribution in [1.82, 2.24) is 14.9 Å². The Morgan fingerprint density at radius 3 is 2.52 bits per heavy atom. The lowest BCUT2D eigenvalue weighted by atomic mass is 10.1. The van der Waals surface area contributed by atoms with Crippen LogP contribution in [0.15, 0.2) is 6.33 Å². The number of nitrogens with two attached hydrogens (primary N) is 1. The van der Waals surface area contributed by atoms with Crippen LogP contribution < -0.4 is 15.4 Å². The van der Waals surface area contributed by atoms with Crippen LogP contribution in [0.1, 0.15) is 20.8 Å². The Bertz CT molecular complexity index is 467. The largest absolute Gasteiger partial charge is 0.476 e. The molecule has 7 heteroatoms. The topological polar surface area (TPSA) is 87.7 Å². The second kappa shape index (κ2) is 6.44. The first kappa shape index (κ1) is 15.8. The van der Waals surface area contributed by atoms with Gasteiger partial charge in [0.2, 0.25) is 5.88 Å². The fourth-order valence-corrected chi connectivity index (χ4v) is 2.54. The van der Waals surface area contributed by atoms with Crippen LogP contribution >= 0.6 is 0 Å². The fourth-order valence-electron chi connectivity index (χ4n) is 2.54. The minimum atomic E-state index is -0.668. The van der Waals surface area contributed by atoms with Crippen molar-refractivity contribution >= 4 is 11.5 Å². The van der Waals surface area contributed by atoms with Gasteiger partial charge < -0.3 is 20.5 Å². The number of hydrogen-bond donors (Lipinski definition) is 2. The van der Waals surface area contributed by atoms with Crippen molar-refractivity contribution in [2.75, 3.05) is 50.0 Å². The number of nitrogens with zero attached hydrogens (tertiary/aromatic N) is 4. The van der Waals surface area contributed by atoms with Crippen LogP contribution in [-0.2, 0) is 0 Å². The van der Waals surface area contributed by atoms with Gasteiger partial charge >= 0.3 is 0 Å². The summed E-state index contributed by atoms with van der Waals surface area (Å²) < 4.78 is 5.41. The minimum absolute atomic E-state index is 0.446. The van der Waals surface area contributed by atoms with Crippen LogP contribution in [0.2, 0.25) is 0 Å². The SMILES string of the molecule is CCOc1ncnc(N2CCN(CC(C)(C)O)CC2)c1N. The molecule has 0 unspecified atom stereocenters. The molecular weight excluding hydrogens is 270 g/mol. The lowest BCUT2D eigenvalue weighted by Gasteiger charge is -2.38. The molecule has 0 saturated carbocycles. The Labute approximate surface area is 125 Å². The molecule has 2 heterocycles. The van der Waals surface area contributed by atoms with Crippen molar-refractivity contribution in [3.8, 4) is 5.88 Å². The van der Waals surface area contributed by atoms with E-state index in [1.165, 1.54) is 6.33 Å². The van der Waals surface area contributed by atoms with Gasteiger partial charge in [0.15, 0.2) is 5.82 Å². The van der Waals surface area contributed by atoms with Crippen LogP contribution in [0.3, 0.4) is 0 Å². The third-order valence-electron chi connectivity index (χ3n) is 3.39. The van der Waals surface area contributed by atoms with Crippen LogP contribution in [-0.4, -0.2) is 64.9 Å². The highest BCUT2D eigenvalue weighted by atomic mass is 16.5. The smallest absolute Gasteiger partial charge is 0.242 e. The summed E-state index contributed by atoms with van der Waals surface area (Å²) in [4.78, 5) is 12.7. The van der Waals surface area contributed by atoms with Crippen molar-refractivity contribution in [1.29, 1.82) is 0 Å². The number of rotatable bonds is 5. The van der Waals surface area contributed by atoms with Gasteiger partial charge in [-0.3, -0.25) is 4.90 Å². The van der Waals surface area contributed by atoms with Crippen LogP contribution in [0.5, 0.6) is 5.88 Å². The van der Waals surface area contributed by atoms with E-state index in [9.17, 15) is 5.11 Å². The Kier molecular flexibility index (Phi) is 4.84. The predicted molar refractivity (Wildman–Crippen MR) is 82.6 cm³/mol. The molecule has 0 atom stereocenters. The number of nitrogen functional groups attached to an aromatic ring is 1. The third-order valence-corrected chi connectivity index (χ3v) is 3.39. The maximum absolute atomic E-state index is 9.88. The summed E-state index contributed by atoms with van der Waals surface area (Å²) in [6.07, 6.45) is 1.49. The molecule has 1 fully saturated rings. The zero-order valence-corrected chi connectivity index (χ0v) is 13.0. The number of hydrogen-bond acceptors (Lipinski definition) is 7. The Hall–Kier alpha value is -1.60. The molecular formula is C14H25N5O2. The number of aromatic nitrogens is 2. The highest BCUT2D eigenvalue weighted by Crippen LogP contribution is 2.28. The van der Waals surface area contributed by atoms with Crippen molar-refractivity contribution < 1.29 is 9.84 Å². The number of piperazine rings is 1. The molecule has 0 aliphatic carbocycles. The van der Waals surface area contributed by atoms with Gasteiger partial charge in [0.25, 0.3) is 0 Å². The van der Waals surface area contributed by atoms with Crippen molar-refractivity contribution in [3.63, 3.8) is 0 Å². The van der Waals surface area contributed by atoms with Crippen LogP contribution in [0.25, 0.3) is 0 Å². The van der Waals surface area contributed by atoms with E-state index in [2.05, 4.69) is 19.8 Å². The van der Waals surface area contributed by atoms with Gasteiger partial charge in [-0.15, -0.1) is 0 Å². The van der Waals surface area contributed by atoms with Crippen molar-refractivity contribution in [3.05, 3.63) is 6.33 Å².